The Morgan fingerprint density at radius 1 is 1.19 bits per heavy atom. The number of carbonyl (C=O) groups excluding carboxylic acids is 1. The van der Waals surface area contributed by atoms with Crippen molar-refractivity contribution < 1.29 is 14.7 Å². The Morgan fingerprint density at radius 3 is 2.62 bits per heavy atom. The number of allylic oxidation sites excluding steroid dienone is 6. The maximum Gasteiger partial charge on any atom is 0.404 e. The van der Waals surface area contributed by atoms with E-state index in [0.29, 0.717) is 13.0 Å². The molecule has 0 bridgehead atoms. The third kappa shape index (κ3) is 8.84. The molecule has 0 aromatic carbocycles. The Balaban J connectivity index is 1.93. The van der Waals surface area contributed by atoms with Gasteiger partial charge in [0.2, 0.25) is 0 Å². The van der Waals surface area contributed by atoms with E-state index in [1.54, 1.807) is 0 Å². The zero-order valence-corrected chi connectivity index (χ0v) is 12.5. The van der Waals surface area contributed by atoms with E-state index in [1.807, 2.05) is 24.3 Å². The third-order valence-corrected chi connectivity index (χ3v) is 3.41. The molecule has 0 saturated heterocycles. The second-order valence-corrected chi connectivity index (χ2v) is 5.22. The molecule has 0 unspecified atom stereocenters. The van der Waals surface area contributed by atoms with Gasteiger partial charge in [0, 0.05) is 18.5 Å². The molecule has 0 radical (unpaired) electrons. The van der Waals surface area contributed by atoms with Crippen LogP contribution in [0.3, 0.4) is 0 Å². The van der Waals surface area contributed by atoms with Gasteiger partial charge in [0.25, 0.3) is 0 Å². The van der Waals surface area contributed by atoms with Gasteiger partial charge in [0.05, 0.1) is 0 Å². The summed E-state index contributed by atoms with van der Waals surface area (Å²) in [5.41, 5.74) is 0.809. The number of ketones is 1. The van der Waals surface area contributed by atoms with E-state index in [1.165, 1.54) is 12.8 Å². The van der Waals surface area contributed by atoms with Crippen molar-refractivity contribution in [1.82, 2.24) is 5.32 Å². The molecule has 116 valence electrons. The van der Waals surface area contributed by atoms with Gasteiger partial charge >= 0.3 is 6.09 Å². The van der Waals surface area contributed by atoms with Gasteiger partial charge in [-0.1, -0.05) is 56.1 Å². The highest BCUT2D eigenvalue weighted by Crippen LogP contribution is 2.11. The number of rotatable bonds is 10. The van der Waals surface area contributed by atoms with Crippen molar-refractivity contribution in [2.75, 3.05) is 6.54 Å². The van der Waals surface area contributed by atoms with Gasteiger partial charge < -0.3 is 10.4 Å². The molecule has 0 spiro atoms. The van der Waals surface area contributed by atoms with E-state index in [4.69, 9.17) is 5.11 Å². The molecule has 0 atom stereocenters. The molecule has 1 aliphatic carbocycles. The number of amides is 1. The predicted molar refractivity (Wildman–Crippen MR) is 84.3 cm³/mol. The van der Waals surface area contributed by atoms with Crippen LogP contribution in [0, 0.1) is 0 Å². The summed E-state index contributed by atoms with van der Waals surface area (Å²) in [5.74, 6) is 0.198. The highest BCUT2D eigenvalue weighted by Gasteiger charge is 2.05. The lowest BCUT2D eigenvalue weighted by Crippen LogP contribution is -2.21. The fraction of sp³-hybridized carbons (Fsp3) is 0.529. The number of Topliss-reactive ketones (excluding diaryl/α,β-unsaturated/α-hetero) is 1. The summed E-state index contributed by atoms with van der Waals surface area (Å²) >= 11 is 0. The van der Waals surface area contributed by atoms with E-state index in [0.717, 1.165) is 37.7 Å². The molecular weight excluding hydrogens is 266 g/mol. The van der Waals surface area contributed by atoms with Crippen LogP contribution in [0.25, 0.3) is 0 Å². The minimum atomic E-state index is -0.941. The molecule has 1 amide bonds. The predicted octanol–water partition coefficient (Wildman–Crippen LogP) is 4.00. The molecule has 0 heterocycles. The quantitative estimate of drug-likeness (QED) is 0.598. The number of carboxylic acid groups (broad SMARTS) is 1. The average molecular weight is 291 g/mol. The first-order valence-electron chi connectivity index (χ1n) is 7.73. The number of nitrogens with one attached hydrogen (secondary N) is 1. The van der Waals surface area contributed by atoms with Crippen LogP contribution in [-0.2, 0) is 4.79 Å². The molecule has 21 heavy (non-hydrogen) atoms. The first kappa shape index (κ1) is 17.2. The highest BCUT2D eigenvalue weighted by atomic mass is 16.4. The van der Waals surface area contributed by atoms with E-state index in [-0.39, 0.29) is 5.78 Å². The summed E-state index contributed by atoms with van der Waals surface area (Å²) in [5, 5.41) is 10.8. The highest BCUT2D eigenvalue weighted by molar-refractivity contribution is 6.00. The van der Waals surface area contributed by atoms with E-state index in [2.05, 4.69) is 11.4 Å². The lowest BCUT2D eigenvalue weighted by atomic mass is 10.0. The second-order valence-electron chi connectivity index (χ2n) is 5.22. The molecule has 0 saturated carbocycles. The summed E-state index contributed by atoms with van der Waals surface area (Å²) in [6.07, 6.45) is 16.9. The molecule has 2 N–H and O–H groups in total. The lowest BCUT2D eigenvalue weighted by Gasteiger charge is -2.03. The Morgan fingerprint density at radius 2 is 1.90 bits per heavy atom. The van der Waals surface area contributed by atoms with Crippen molar-refractivity contribution in [2.45, 2.75) is 51.4 Å². The first-order valence-corrected chi connectivity index (χ1v) is 7.73. The zero-order valence-electron chi connectivity index (χ0n) is 12.5. The van der Waals surface area contributed by atoms with Crippen LogP contribution in [0.2, 0.25) is 0 Å². The number of carbonyl (C=O) groups is 2. The maximum atomic E-state index is 11.5. The van der Waals surface area contributed by atoms with E-state index in [9.17, 15) is 9.59 Å². The fourth-order valence-electron chi connectivity index (χ4n) is 2.21. The summed E-state index contributed by atoms with van der Waals surface area (Å²) in [7, 11) is 0. The smallest absolute Gasteiger partial charge is 0.404 e. The van der Waals surface area contributed by atoms with E-state index >= 15 is 0 Å². The summed E-state index contributed by atoms with van der Waals surface area (Å²) < 4.78 is 0. The van der Waals surface area contributed by atoms with Gasteiger partial charge in [0.15, 0.2) is 5.78 Å². The molecular formula is C17H25NO3. The van der Waals surface area contributed by atoms with Gasteiger partial charge in [-0.2, -0.15) is 0 Å². The minimum absolute atomic E-state index is 0.198. The first-order chi connectivity index (χ1) is 10.2. The molecule has 4 nitrogen and oxygen atoms in total. The van der Waals surface area contributed by atoms with Crippen molar-refractivity contribution in [2.24, 2.45) is 0 Å². The minimum Gasteiger partial charge on any atom is -0.465 e. The molecule has 0 aliphatic heterocycles. The van der Waals surface area contributed by atoms with Crippen LogP contribution >= 0.6 is 0 Å². The molecule has 4 heteroatoms. The standard InChI is InChI=1S/C17H25NO3/c19-16-13-9-8-12-15(16)11-7-5-3-1-2-4-6-10-14-18-17(20)21/h7-9,11-12,18H,1-6,10,13-14H2,(H,20,21). The normalized spacial score (nSPS) is 14.5. The summed E-state index contributed by atoms with van der Waals surface area (Å²) in [4.78, 5) is 21.7. The topological polar surface area (TPSA) is 66.4 Å². The average Bonchev–Trinajstić information content (AvgIpc) is 2.46. The Bertz CT molecular complexity index is 422. The van der Waals surface area contributed by atoms with Crippen LogP contribution in [0.15, 0.2) is 36.0 Å². The van der Waals surface area contributed by atoms with Crippen molar-refractivity contribution in [3.63, 3.8) is 0 Å². The van der Waals surface area contributed by atoms with Gasteiger partial charge in [-0.15, -0.1) is 0 Å². The van der Waals surface area contributed by atoms with Crippen molar-refractivity contribution in [3.05, 3.63) is 36.0 Å². The molecule has 0 fully saturated rings. The van der Waals surface area contributed by atoms with Gasteiger partial charge in [-0.25, -0.2) is 4.79 Å². The van der Waals surface area contributed by atoms with Crippen molar-refractivity contribution in [1.29, 1.82) is 0 Å². The number of unbranched alkanes of at least 4 members (excludes halogenated alkanes) is 6. The summed E-state index contributed by atoms with van der Waals surface area (Å²) in [6.45, 7) is 0.551. The number of hydrogen-bond acceptors (Lipinski definition) is 2. The molecule has 0 aromatic rings. The molecule has 1 rings (SSSR count). The molecule has 0 aromatic heterocycles. The van der Waals surface area contributed by atoms with Crippen LogP contribution < -0.4 is 5.32 Å². The monoisotopic (exact) mass is 291 g/mol. The zero-order chi connectivity index (χ0) is 15.3. The second kappa shape index (κ2) is 10.9. The van der Waals surface area contributed by atoms with E-state index < -0.39 is 6.09 Å². The molecule has 1 aliphatic rings. The van der Waals surface area contributed by atoms with Crippen LogP contribution in [0.4, 0.5) is 4.79 Å². The lowest BCUT2D eigenvalue weighted by molar-refractivity contribution is -0.114. The Hall–Kier alpha value is -1.84. The number of hydrogen-bond donors (Lipinski definition) is 2. The van der Waals surface area contributed by atoms with Crippen LogP contribution in [-0.4, -0.2) is 23.5 Å². The largest absolute Gasteiger partial charge is 0.465 e. The van der Waals surface area contributed by atoms with Crippen molar-refractivity contribution in [3.8, 4) is 0 Å². The van der Waals surface area contributed by atoms with Gasteiger partial charge in [-0.3, -0.25) is 4.79 Å². The Kier molecular flexibility index (Phi) is 8.93. The summed E-state index contributed by atoms with van der Waals surface area (Å²) in [6, 6.07) is 0. The Labute approximate surface area is 126 Å². The van der Waals surface area contributed by atoms with Gasteiger partial charge in [0.1, 0.15) is 0 Å². The fourth-order valence-corrected chi connectivity index (χ4v) is 2.21. The van der Waals surface area contributed by atoms with Crippen molar-refractivity contribution >= 4 is 11.9 Å². The third-order valence-electron chi connectivity index (χ3n) is 3.41. The van der Waals surface area contributed by atoms with Gasteiger partial charge in [-0.05, 0) is 19.3 Å². The maximum absolute atomic E-state index is 11.5. The SMILES string of the molecule is O=C(O)NCCCCCCCCC=CC1=CC=CCC1=O. The van der Waals surface area contributed by atoms with Crippen LogP contribution in [0.5, 0.6) is 0 Å². The van der Waals surface area contributed by atoms with Crippen LogP contribution in [0.1, 0.15) is 51.4 Å².